The third kappa shape index (κ3) is 6.05. The predicted octanol–water partition coefficient (Wildman–Crippen LogP) is 1.74. The van der Waals surface area contributed by atoms with Crippen LogP contribution in [0.15, 0.2) is 12.7 Å². The first-order valence-corrected chi connectivity index (χ1v) is 4.91. The lowest BCUT2D eigenvalue weighted by molar-refractivity contribution is -0.0265. The summed E-state index contributed by atoms with van der Waals surface area (Å²) in [6.45, 7) is 6.27. The average Bonchev–Trinajstić information content (AvgIpc) is 2.03. The Morgan fingerprint density at radius 1 is 1.50 bits per heavy atom. The standard InChI is InChI=1S/C10H20F2N2/c1-4-6-14(7-5-2)9-10(11,12)8-13-3/h4,13H,1,5-9H2,2-3H3. The summed E-state index contributed by atoms with van der Waals surface area (Å²) < 4.78 is 26.4. The highest BCUT2D eigenvalue weighted by atomic mass is 19.3. The van der Waals surface area contributed by atoms with Crippen LogP contribution in [0.2, 0.25) is 0 Å². The van der Waals surface area contributed by atoms with Crippen molar-refractivity contribution in [2.24, 2.45) is 0 Å². The van der Waals surface area contributed by atoms with Gasteiger partial charge in [0.25, 0.3) is 5.92 Å². The van der Waals surface area contributed by atoms with Gasteiger partial charge in [-0.05, 0) is 20.0 Å². The summed E-state index contributed by atoms with van der Waals surface area (Å²) in [7, 11) is 1.53. The molecule has 0 saturated carbocycles. The lowest BCUT2D eigenvalue weighted by Crippen LogP contribution is -2.43. The maximum atomic E-state index is 13.2. The number of alkyl halides is 2. The SMILES string of the molecule is C=CCN(CCC)CC(F)(F)CNC. The zero-order valence-corrected chi connectivity index (χ0v) is 9.02. The van der Waals surface area contributed by atoms with Crippen molar-refractivity contribution in [1.82, 2.24) is 10.2 Å². The van der Waals surface area contributed by atoms with Gasteiger partial charge in [-0.2, -0.15) is 0 Å². The fraction of sp³-hybridized carbons (Fsp3) is 0.800. The molecule has 84 valence electrons. The Balaban J connectivity index is 4.04. The molecule has 0 aromatic carbocycles. The van der Waals surface area contributed by atoms with E-state index >= 15 is 0 Å². The smallest absolute Gasteiger partial charge is 0.272 e. The molecule has 0 atom stereocenters. The quantitative estimate of drug-likeness (QED) is 0.609. The van der Waals surface area contributed by atoms with Crippen molar-refractivity contribution in [3.8, 4) is 0 Å². The van der Waals surface area contributed by atoms with Crippen molar-refractivity contribution in [1.29, 1.82) is 0 Å². The topological polar surface area (TPSA) is 15.3 Å². The first-order chi connectivity index (χ1) is 6.55. The van der Waals surface area contributed by atoms with Gasteiger partial charge in [0.2, 0.25) is 0 Å². The van der Waals surface area contributed by atoms with Crippen molar-refractivity contribution in [3.05, 3.63) is 12.7 Å². The van der Waals surface area contributed by atoms with E-state index in [0.29, 0.717) is 13.1 Å². The first-order valence-electron chi connectivity index (χ1n) is 4.91. The van der Waals surface area contributed by atoms with Crippen molar-refractivity contribution in [2.45, 2.75) is 19.3 Å². The van der Waals surface area contributed by atoms with Gasteiger partial charge in [-0.15, -0.1) is 6.58 Å². The lowest BCUT2D eigenvalue weighted by atomic mass is 10.3. The zero-order valence-electron chi connectivity index (χ0n) is 9.02. The molecular formula is C10H20F2N2. The molecule has 0 heterocycles. The van der Waals surface area contributed by atoms with Crippen molar-refractivity contribution in [3.63, 3.8) is 0 Å². The number of hydrogen-bond acceptors (Lipinski definition) is 2. The summed E-state index contributed by atoms with van der Waals surface area (Å²) in [5.74, 6) is -2.66. The molecule has 0 bridgehead atoms. The van der Waals surface area contributed by atoms with Crippen LogP contribution >= 0.6 is 0 Å². The van der Waals surface area contributed by atoms with Gasteiger partial charge in [-0.3, -0.25) is 4.90 Å². The Kier molecular flexibility index (Phi) is 6.66. The minimum atomic E-state index is -2.66. The first kappa shape index (κ1) is 13.5. The molecule has 0 unspecified atom stereocenters. The van der Waals surface area contributed by atoms with Gasteiger partial charge < -0.3 is 5.32 Å². The molecule has 0 aliphatic rings. The third-order valence-electron chi connectivity index (χ3n) is 1.82. The van der Waals surface area contributed by atoms with Crippen LogP contribution < -0.4 is 5.32 Å². The van der Waals surface area contributed by atoms with Crippen molar-refractivity contribution < 1.29 is 8.78 Å². The van der Waals surface area contributed by atoms with E-state index in [0.717, 1.165) is 6.42 Å². The normalized spacial score (nSPS) is 12.1. The van der Waals surface area contributed by atoms with Gasteiger partial charge in [0.15, 0.2) is 0 Å². The van der Waals surface area contributed by atoms with Crippen molar-refractivity contribution in [2.75, 3.05) is 33.2 Å². The van der Waals surface area contributed by atoms with E-state index in [1.165, 1.54) is 7.05 Å². The highest BCUT2D eigenvalue weighted by molar-refractivity contribution is 4.79. The van der Waals surface area contributed by atoms with Gasteiger partial charge in [0.1, 0.15) is 0 Å². The summed E-state index contributed by atoms with van der Waals surface area (Å²) in [4.78, 5) is 1.71. The van der Waals surface area contributed by atoms with Crippen LogP contribution in [0.4, 0.5) is 8.78 Å². The second-order valence-electron chi connectivity index (χ2n) is 3.41. The van der Waals surface area contributed by atoms with Gasteiger partial charge in [-0.25, -0.2) is 8.78 Å². The van der Waals surface area contributed by atoms with Crippen LogP contribution in [-0.2, 0) is 0 Å². The van der Waals surface area contributed by atoms with Crippen LogP contribution in [0.25, 0.3) is 0 Å². The molecule has 2 nitrogen and oxygen atoms in total. The second kappa shape index (κ2) is 6.90. The molecule has 14 heavy (non-hydrogen) atoms. The molecule has 0 rings (SSSR count). The molecule has 0 amide bonds. The summed E-state index contributed by atoms with van der Waals surface area (Å²) in [5.41, 5.74) is 0. The molecule has 0 aliphatic heterocycles. The molecule has 0 aromatic rings. The number of nitrogens with zero attached hydrogens (tertiary/aromatic N) is 1. The number of nitrogens with one attached hydrogen (secondary N) is 1. The number of rotatable bonds is 8. The second-order valence-corrected chi connectivity index (χ2v) is 3.41. The van der Waals surface area contributed by atoms with E-state index in [1.807, 2.05) is 6.92 Å². The highest BCUT2D eigenvalue weighted by Crippen LogP contribution is 2.14. The molecule has 0 spiro atoms. The Morgan fingerprint density at radius 2 is 2.14 bits per heavy atom. The summed E-state index contributed by atoms with van der Waals surface area (Å²) in [6, 6.07) is 0. The van der Waals surface area contributed by atoms with Crippen LogP contribution in [0, 0.1) is 0 Å². The number of halogens is 2. The maximum Gasteiger partial charge on any atom is 0.272 e. The lowest BCUT2D eigenvalue weighted by Gasteiger charge is -2.25. The van der Waals surface area contributed by atoms with E-state index in [1.54, 1.807) is 11.0 Å². The largest absolute Gasteiger partial charge is 0.314 e. The van der Waals surface area contributed by atoms with Crippen LogP contribution in [0.3, 0.4) is 0 Å². The minimum absolute atomic E-state index is 0.201. The van der Waals surface area contributed by atoms with E-state index in [-0.39, 0.29) is 13.1 Å². The molecule has 0 saturated heterocycles. The Bertz CT molecular complexity index is 160. The molecule has 0 aromatic heterocycles. The number of hydrogen-bond donors (Lipinski definition) is 1. The Labute approximate surface area is 85.0 Å². The zero-order chi connectivity index (χ0) is 11.0. The molecule has 4 heteroatoms. The summed E-state index contributed by atoms with van der Waals surface area (Å²) in [6.07, 6.45) is 2.54. The van der Waals surface area contributed by atoms with Crippen LogP contribution in [0.1, 0.15) is 13.3 Å². The van der Waals surface area contributed by atoms with Gasteiger partial charge >= 0.3 is 0 Å². The van der Waals surface area contributed by atoms with Gasteiger partial charge in [0.05, 0.1) is 13.1 Å². The van der Waals surface area contributed by atoms with E-state index < -0.39 is 5.92 Å². The van der Waals surface area contributed by atoms with Crippen molar-refractivity contribution >= 4 is 0 Å². The Hall–Kier alpha value is -0.480. The van der Waals surface area contributed by atoms with Crippen LogP contribution in [0.5, 0.6) is 0 Å². The molecular weight excluding hydrogens is 186 g/mol. The molecule has 0 radical (unpaired) electrons. The fourth-order valence-electron chi connectivity index (χ4n) is 1.38. The third-order valence-corrected chi connectivity index (χ3v) is 1.82. The average molecular weight is 206 g/mol. The molecule has 0 fully saturated rings. The summed E-state index contributed by atoms with van der Waals surface area (Å²) in [5, 5.41) is 2.50. The molecule has 1 N–H and O–H groups in total. The van der Waals surface area contributed by atoms with Gasteiger partial charge in [-0.1, -0.05) is 13.0 Å². The minimum Gasteiger partial charge on any atom is -0.314 e. The van der Waals surface area contributed by atoms with E-state index in [4.69, 9.17) is 0 Å². The highest BCUT2D eigenvalue weighted by Gasteiger charge is 2.29. The monoisotopic (exact) mass is 206 g/mol. The van der Waals surface area contributed by atoms with Crippen LogP contribution in [-0.4, -0.2) is 44.0 Å². The van der Waals surface area contributed by atoms with Gasteiger partial charge in [0, 0.05) is 6.54 Å². The van der Waals surface area contributed by atoms with E-state index in [2.05, 4.69) is 11.9 Å². The maximum absolute atomic E-state index is 13.2. The summed E-state index contributed by atoms with van der Waals surface area (Å²) >= 11 is 0. The Morgan fingerprint density at radius 3 is 2.57 bits per heavy atom. The molecule has 0 aliphatic carbocycles. The van der Waals surface area contributed by atoms with E-state index in [9.17, 15) is 8.78 Å². The fourth-order valence-corrected chi connectivity index (χ4v) is 1.38. The predicted molar refractivity (Wildman–Crippen MR) is 55.8 cm³/mol.